The third kappa shape index (κ3) is 3.80. The van der Waals surface area contributed by atoms with Crippen LogP contribution in [0.15, 0.2) is 35.3 Å². The molecule has 19 heavy (non-hydrogen) atoms. The molecule has 3 nitrogen and oxygen atoms in total. The standard InChI is InChI=1S/C15H22ClN3/c1-5-15(3,6-2)19(4)14(16)18-13(17)12-10-8-7-9-11-12/h7-11,17H,5-6H2,1-4H3. The number of nitrogens with one attached hydrogen (secondary N) is 1. The van der Waals surface area contributed by atoms with Crippen molar-refractivity contribution in [3.05, 3.63) is 35.9 Å². The van der Waals surface area contributed by atoms with Gasteiger partial charge in [0.05, 0.1) is 0 Å². The molecule has 0 bridgehead atoms. The average molecular weight is 280 g/mol. The van der Waals surface area contributed by atoms with Gasteiger partial charge in [0, 0.05) is 18.2 Å². The van der Waals surface area contributed by atoms with E-state index in [-0.39, 0.29) is 11.4 Å². The van der Waals surface area contributed by atoms with Gasteiger partial charge < -0.3 is 4.90 Å². The highest BCUT2D eigenvalue weighted by Crippen LogP contribution is 2.23. The van der Waals surface area contributed by atoms with E-state index in [0.717, 1.165) is 18.4 Å². The van der Waals surface area contributed by atoms with Crippen LogP contribution in [0.25, 0.3) is 0 Å². The van der Waals surface area contributed by atoms with Gasteiger partial charge in [-0.15, -0.1) is 0 Å². The van der Waals surface area contributed by atoms with Crippen LogP contribution in [0.3, 0.4) is 0 Å². The van der Waals surface area contributed by atoms with Crippen LogP contribution < -0.4 is 0 Å². The van der Waals surface area contributed by atoms with Gasteiger partial charge in [-0.05, 0) is 31.4 Å². The molecule has 0 heterocycles. The Labute approximate surface area is 120 Å². The maximum atomic E-state index is 7.97. The predicted molar refractivity (Wildman–Crippen MR) is 83.3 cm³/mol. The molecule has 0 saturated heterocycles. The monoisotopic (exact) mass is 279 g/mol. The smallest absolute Gasteiger partial charge is 0.200 e. The molecule has 1 N–H and O–H groups in total. The molecule has 1 aromatic carbocycles. The second kappa shape index (κ2) is 6.71. The molecule has 0 saturated carbocycles. The van der Waals surface area contributed by atoms with E-state index in [1.165, 1.54) is 0 Å². The average Bonchev–Trinajstić information content (AvgIpc) is 2.46. The maximum absolute atomic E-state index is 7.97. The Bertz CT molecular complexity index is 450. The summed E-state index contributed by atoms with van der Waals surface area (Å²) in [7, 11) is 1.93. The zero-order valence-electron chi connectivity index (χ0n) is 12.1. The fourth-order valence-electron chi connectivity index (χ4n) is 1.77. The summed E-state index contributed by atoms with van der Waals surface area (Å²) in [6.07, 6.45) is 1.95. The zero-order chi connectivity index (χ0) is 14.5. The Kier molecular flexibility index (Phi) is 5.55. The van der Waals surface area contributed by atoms with Crippen LogP contribution in [0.4, 0.5) is 0 Å². The second-order valence-electron chi connectivity index (χ2n) is 4.86. The van der Waals surface area contributed by atoms with Crippen molar-refractivity contribution in [3.8, 4) is 0 Å². The number of hydrogen-bond donors (Lipinski definition) is 1. The van der Waals surface area contributed by atoms with Crippen molar-refractivity contribution < 1.29 is 0 Å². The highest BCUT2D eigenvalue weighted by atomic mass is 35.5. The van der Waals surface area contributed by atoms with Crippen LogP contribution >= 0.6 is 11.6 Å². The molecule has 0 aromatic heterocycles. The summed E-state index contributed by atoms with van der Waals surface area (Å²) in [6, 6.07) is 9.40. The third-order valence-electron chi connectivity index (χ3n) is 3.86. The van der Waals surface area contributed by atoms with Gasteiger partial charge in [-0.25, -0.2) is 4.99 Å². The van der Waals surface area contributed by atoms with Crippen molar-refractivity contribution in [3.63, 3.8) is 0 Å². The quantitative estimate of drug-likeness (QED) is 0.503. The van der Waals surface area contributed by atoms with E-state index in [1.54, 1.807) is 0 Å². The molecule has 1 rings (SSSR count). The number of nitrogens with zero attached hydrogens (tertiary/aromatic N) is 2. The van der Waals surface area contributed by atoms with Crippen LogP contribution in [-0.4, -0.2) is 28.6 Å². The third-order valence-corrected chi connectivity index (χ3v) is 4.20. The molecule has 0 amide bonds. The van der Waals surface area contributed by atoms with Gasteiger partial charge in [-0.1, -0.05) is 44.2 Å². The van der Waals surface area contributed by atoms with Gasteiger partial charge in [0.25, 0.3) is 0 Å². The summed E-state index contributed by atoms with van der Waals surface area (Å²) in [5.41, 5.74) is 0.737. The van der Waals surface area contributed by atoms with Crippen molar-refractivity contribution in [1.82, 2.24) is 4.90 Å². The van der Waals surface area contributed by atoms with E-state index < -0.39 is 0 Å². The van der Waals surface area contributed by atoms with Gasteiger partial charge in [-0.2, -0.15) is 0 Å². The highest BCUT2D eigenvalue weighted by molar-refractivity contribution is 6.65. The number of aliphatic imine (C=N–C) groups is 1. The maximum Gasteiger partial charge on any atom is 0.200 e. The van der Waals surface area contributed by atoms with Gasteiger partial charge in [0.1, 0.15) is 0 Å². The first-order chi connectivity index (χ1) is 8.94. The minimum Gasteiger partial charge on any atom is -0.345 e. The zero-order valence-corrected chi connectivity index (χ0v) is 12.8. The Balaban J connectivity index is 2.91. The first kappa shape index (κ1) is 15.7. The van der Waals surface area contributed by atoms with Crippen LogP contribution in [0.5, 0.6) is 0 Å². The molecular formula is C15H22ClN3. The Morgan fingerprint density at radius 3 is 2.26 bits per heavy atom. The first-order valence-electron chi connectivity index (χ1n) is 6.56. The molecule has 0 atom stereocenters. The Morgan fingerprint density at radius 2 is 1.79 bits per heavy atom. The lowest BCUT2D eigenvalue weighted by Crippen LogP contribution is -2.45. The topological polar surface area (TPSA) is 39.5 Å². The molecule has 0 fully saturated rings. The molecular weight excluding hydrogens is 258 g/mol. The fraction of sp³-hybridized carbons (Fsp3) is 0.467. The normalized spacial score (nSPS) is 12.4. The summed E-state index contributed by atoms with van der Waals surface area (Å²) >= 11 is 6.25. The summed E-state index contributed by atoms with van der Waals surface area (Å²) < 4.78 is 0. The minimum absolute atomic E-state index is 0.0302. The number of rotatable bonds is 4. The summed E-state index contributed by atoms with van der Waals surface area (Å²) in [5, 5.41) is 8.33. The number of benzene rings is 1. The van der Waals surface area contributed by atoms with Crippen molar-refractivity contribution in [2.24, 2.45) is 4.99 Å². The number of amidine groups is 2. The molecule has 0 aliphatic carbocycles. The van der Waals surface area contributed by atoms with Crippen molar-refractivity contribution in [2.75, 3.05) is 7.05 Å². The van der Waals surface area contributed by atoms with E-state index in [2.05, 4.69) is 25.8 Å². The first-order valence-corrected chi connectivity index (χ1v) is 6.94. The SMILES string of the molecule is CCC(C)(CC)N(C)C(Cl)=NC(=N)c1ccccc1. The van der Waals surface area contributed by atoms with Gasteiger partial charge in [0.2, 0.25) is 5.29 Å². The van der Waals surface area contributed by atoms with Crippen LogP contribution in [0, 0.1) is 5.41 Å². The summed E-state index contributed by atoms with van der Waals surface area (Å²) in [4.78, 5) is 6.15. The molecule has 0 aliphatic rings. The lowest BCUT2D eigenvalue weighted by Gasteiger charge is -2.37. The summed E-state index contributed by atoms with van der Waals surface area (Å²) in [5.74, 6) is 0.187. The number of halogens is 1. The van der Waals surface area contributed by atoms with Crippen molar-refractivity contribution in [2.45, 2.75) is 39.2 Å². The van der Waals surface area contributed by atoms with Crippen LogP contribution in [0.1, 0.15) is 39.2 Å². The molecule has 104 valence electrons. The van der Waals surface area contributed by atoms with Gasteiger partial charge >= 0.3 is 0 Å². The van der Waals surface area contributed by atoms with E-state index in [1.807, 2.05) is 42.3 Å². The van der Waals surface area contributed by atoms with E-state index >= 15 is 0 Å². The van der Waals surface area contributed by atoms with E-state index in [0.29, 0.717) is 5.29 Å². The van der Waals surface area contributed by atoms with Crippen molar-refractivity contribution in [1.29, 1.82) is 5.41 Å². The van der Waals surface area contributed by atoms with Crippen molar-refractivity contribution >= 4 is 22.7 Å². The fourth-order valence-corrected chi connectivity index (χ4v) is 2.06. The van der Waals surface area contributed by atoms with E-state index in [9.17, 15) is 0 Å². The molecule has 0 aliphatic heterocycles. The highest BCUT2D eigenvalue weighted by Gasteiger charge is 2.27. The van der Waals surface area contributed by atoms with E-state index in [4.69, 9.17) is 17.0 Å². The predicted octanol–water partition coefficient (Wildman–Crippen LogP) is 4.12. The molecule has 0 unspecified atom stereocenters. The molecule has 0 radical (unpaired) electrons. The second-order valence-corrected chi connectivity index (χ2v) is 5.20. The molecule has 4 heteroatoms. The van der Waals surface area contributed by atoms with Crippen LogP contribution in [0.2, 0.25) is 0 Å². The minimum atomic E-state index is -0.0302. The lowest BCUT2D eigenvalue weighted by atomic mass is 9.94. The number of hydrogen-bond acceptors (Lipinski definition) is 1. The van der Waals surface area contributed by atoms with Crippen LogP contribution in [-0.2, 0) is 0 Å². The Hall–Kier alpha value is -1.35. The van der Waals surface area contributed by atoms with Gasteiger partial charge in [0.15, 0.2) is 5.84 Å². The Morgan fingerprint density at radius 1 is 1.26 bits per heavy atom. The van der Waals surface area contributed by atoms with Gasteiger partial charge in [-0.3, -0.25) is 5.41 Å². The molecule has 1 aromatic rings. The summed E-state index contributed by atoms with van der Waals surface area (Å²) in [6.45, 7) is 6.41. The largest absolute Gasteiger partial charge is 0.345 e. The lowest BCUT2D eigenvalue weighted by molar-refractivity contribution is 0.216. The molecule has 0 spiro atoms.